The number of Topliss-reactive ketones (excluding diaryl/α,β-unsaturated/α-hetero) is 1. The number of carbonyl (C=O) groups excluding carboxylic acids is 3. The third kappa shape index (κ3) is 4.95. The Bertz CT molecular complexity index is 1400. The van der Waals surface area contributed by atoms with Crippen LogP contribution in [0.5, 0.6) is 5.75 Å². The van der Waals surface area contributed by atoms with Crippen molar-refractivity contribution in [1.29, 1.82) is 0 Å². The number of nitrogens with zero attached hydrogens (tertiary/aromatic N) is 1. The van der Waals surface area contributed by atoms with Crippen LogP contribution in [0.2, 0.25) is 5.02 Å². The van der Waals surface area contributed by atoms with Crippen molar-refractivity contribution in [3.63, 3.8) is 0 Å². The van der Waals surface area contributed by atoms with Gasteiger partial charge in [0.25, 0.3) is 11.7 Å². The highest BCUT2D eigenvalue weighted by Crippen LogP contribution is 2.43. The lowest BCUT2D eigenvalue weighted by atomic mass is 9.94. The van der Waals surface area contributed by atoms with Gasteiger partial charge in [-0.3, -0.25) is 14.5 Å². The molecular formula is C29H26ClNO6. The van der Waals surface area contributed by atoms with Gasteiger partial charge in [0.1, 0.15) is 11.5 Å². The first-order valence-electron chi connectivity index (χ1n) is 11.8. The Morgan fingerprint density at radius 1 is 1.03 bits per heavy atom. The Morgan fingerprint density at radius 3 is 2.41 bits per heavy atom. The molecule has 3 aromatic rings. The number of aliphatic hydroxyl groups is 1. The van der Waals surface area contributed by atoms with E-state index in [1.54, 1.807) is 30.3 Å². The van der Waals surface area contributed by atoms with Crippen LogP contribution in [0, 0.1) is 0 Å². The van der Waals surface area contributed by atoms with Crippen molar-refractivity contribution >= 4 is 40.7 Å². The first kappa shape index (κ1) is 26.0. The largest absolute Gasteiger partial charge is 0.507 e. The lowest BCUT2D eigenvalue weighted by Crippen LogP contribution is -2.29. The smallest absolute Gasteiger partial charge is 0.337 e. The molecule has 0 bridgehead atoms. The Morgan fingerprint density at radius 2 is 1.76 bits per heavy atom. The molecule has 1 aliphatic rings. The molecule has 1 saturated heterocycles. The Kier molecular flexibility index (Phi) is 7.64. The summed E-state index contributed by atoms with van der Waals surface area (Å²) in [4.78, 5) is 40.3. The van der Waals surface area contributed by atoms with E-state index in [-0.39, 0.29) is 21.7 Å². The van der Waals surface area contributed by atoms with E-state index in [1.807, 2.05) is 38.1 Å². The second-order valence-electron chi connectivity index (χ2n) is 8.38. The fraction of sp³-hybridized carbons (Fsp3) is 0.207. The predicted molar refractivity (Wildman–Crippen MR) is 141 cm³/mol. The van der Waals surface area contributed by atoms with E-state index in [2.05, 4.69) is 0 Å². The summed E-state index contributed by atoms with van der Waals surface area (Å²) in [5, 5.41) is 11.6. The van der Waals surface area contributed by atoms with Crippen LogP contribution in [0.1, 0.15) is 46.9 Å². The third-order valence-corrected chi connectivity index (χ3v) is 6.53. The van der Waals surface area contributed by atoms with Crippen LogP contribution in [0.4, 0.5) is 5.69 Å². The standard InChI is InChI=1S/C29H26ClNO6/c1-4-17-9-11-18(12-10-17)25-24(26(32)22-16-21(37-5-2)13-14-23(22)30)27(33)28(34)31(25)20-8-6-7-19(15-20)29(35)36-3/h6-16,25,32H,4-5H2,1-3H3/b26-24+. The van der Waals surface area contributed by atoms with Crippen molar-refractivity contribution < 1.29 is 29.0 Å². The monoisotopic (exact) mass is 519 g/mol. The summed E-state index contributed by atoms with van der Waals surface area (Å²) in [7, 11) is 1.26. The van der Waals surface area contributed by atoms with Gasteiger partial charge in [-0.05, 0) is 60.9 Å². The quantitative estimate of drug-likeness (QED) is 0.186. The summed E-state index contributed by atoms with van der Waals surface area (Å²) in [6.07, 6.45) is 0.807. The molecule has 0 saturated carbocycles. The highest BCUT2D eigenvalue weighted by molar-refractivity contribution is 6.52. The molecule has 8 heteroatoms. The Labute approximate surface area is 219 Å². The summed E-state index contributed by atoms with van der Waals surface area (Å²) in [5.41, 5.74) is 2.26. The van der Waals surface area contributed by atoms with Gasteiger partial charge in [-0.2, -0.15) is 0 Å². The van der Waals surface area contributed by atoms with Crippen LogP contribution in [-0.2, 0) is 20.7 Å². The number of aliphatic hydroxyl groups excluding tert-OH is 1. The van der Waals surface area contributed by atoms with Crippen LogP contribution in [0.15, 0.2) is 72.3 Å². The van der Waals surface area contributed by atoms with E-state index in [4.69, 9.17) is 21.1 Å². The molecule has 3 aromatic carbocycles. The first-order valence-corrected chi connectivity index (χ1v) is 12.2. The number of anilines is 1. The summed E-state index contributed by atoms with van der Waals surface area (Å²) >= 11 is 6.40. The third-order valence-electron chi connectivity index (χ3n) is 6.20. The topological polar surface area (TPSA) is 93.1 Å². The normalized spacial score (nSPS) is 16.6. The molecule has 1 fully saturated rings. The number of amides is 1. The van der Waals surface area contributed by atoms with Crippen molar-refractivity contribution in [3.05, 3.63) is 99.6 Å². The molecule has 1 amide bonds. The number of rotatable bonds is 7. The molecule has 0 spiro atoms. The number of methoxy groups -OCH3 is 1. The number of benzene rings is 3. The lowest BCUT2D eigenvalue weighted by molar-refractivity contribution is -0.132. The summed E-state index contributed by atoms with van der Waals surface area (Å²) in [6, 6.07) is 17.5. The van der Waals surface area contributed by atoms with E-state index in [1.165, 1.54) is 24.1 Å². The Hall–Kier alpha value is -4.10. The summed E-state index contributed by atoms with van der Waals surface area (Å²) < 4.78 is 10.4. The van der Waals surface area contributed by atoms with Gasteiger partial charge in [0.2, 0.25) is 0 Å². The second-order valence-corrected chi connectivity index (χ2v) is 8.79. The molecule has 7 nitrogen and oxygen atoms in total. The van der Waals surface area contributed by atoms with E-state index < -0.39 is 29.5 Å². The molecule has 1 unspecified atom stereocenters. The molecule has 0 aromatic heterocycles. The zero-order valence-electron chi connectivity index (χ0n) is 20.7. The zero-order valence-corrected chi connectivity index (χ0v) is 21.4. The van der Waals surface area contributed by atoms with E-state index in [9.17, 15) is 19.5 Å². The van der Waals surface area contributed by atoms with Crippen LogP contribution in [0.3, 0.4) is 0 Å². The number of carbonyl (C=O) groups is 3. The van der Waals surface area contributed by atoms with Crippen LogP contribution < -0.4 is 9.64 Å². The minimum atomic E-state index is -0.967. The van der Waals surface area contributed by atoms with Gasteiger partial charge in [-0.1, -0.05) is 48.9 Å². The van der Waals surface area contributed by atoms with Gasteiger partial charge < -0.3 is 14.6 Å². The molecule has 0 radical (unpaired) electrons. The molecule has 4 rings (SSSR count). The van der Waals surface area contributed by atoms with Gasteiger partial charge in [0.15, 0.2) is 0 Å². The number of hydrogen-bond donors (Lipinski definition) is 1. The molecule has 1 atom stereocenters. The van der Waals surface area contributed by atoms with Crippen LogP contribution in [0.25, 0.3) is 5.76 Å². The van der Waals surface area contributed by atoms with Gasteiger partial charge >= 0.3 is 5.97 Å². The second kappa shape index (κ2) is 10.9. The van der Waals surface area contributed by atoms with Crippen molar-refractivity contribution in [2.75, 3.05) is 18.6 Å². The number of ketones is 1. The predicted octanol–water partition coefficient (Wildman–Crippen LogP) is 5.71. The average Bonchev–Trinajstić information content (AvgIpc) is 3.19. The number of esters is 1. The summed E-state index contributed by atoms with van der Waals surface area (Å²) in [5.74, 6) is -2.26. The minimum Gasteiger partial charge on any atom is -0.507 e. The fourth-order valence-corrected chi connectivity index (χ4v) is 4.54. The van der Waals surface area contributed by atoms with E-state index in [0.717, 1.165) is 12.0 Å². The van der Waals surface area contributed by atoms with Crippen molar-refractivity contribution in [2.45, 2.75) is 26.3 Å². The van der Waals surface area contributed by atoms with Crippen molar-refractivity contribution in [2.24, 2.45) is 0 Å². The average molecular weight is 520 g/mol. The molecule has 37 heavy (non-hydrogen) atoms. The van der Waals surface area contributed by atoms with Gasteiger partial charge in [0, 0.05) is 11.3 Å². The number of halogens is 1. The first-order chi connectivity index (χ1) is 17.8. The maximum atomic E-state index is 13.4. The van der Waals surface area contributed by atoms with Crippen molar-refractivity contribution in [1.82, 2.24) is 0 Å². The highest BCUT2D eigenvalue weighted by Gasteiger charge is 2.47. The van der Waals surface area contributed by atoms with Gasteiger partial charge in [-0.25, -0.2) is 4.79 Å². The molecule has 1 aliphatic heterocycles. The molecule has 1 N–H and O–H groups in total. The molecule has 190 valence electrons. The van der Waals surface area contributed by atoms with Crippen molar-refractivity contribution in [3.8, 4) is 5.75 Å². The fourth-order valence-electron chi connectivity index (χ4n) is 4.34. The zero-order chi connectivity index (χ0) is 26.7. The van der Waals surface area contributed by atoms with Gasteiger partial charge in [-0.15, -0.1) is 0 Å². The van der Waals surface area contributed by atoms with Crippen LogP contribution in [-0.4, -0.2) is 36.5 Å². The summed E-state index contributed by atoms with van der Waals surface area (Å²) in [6.45, 7) is 4.24. The van der Waals surface area contributed by atoms with E-state index >= 15 is 0 Å². The number of hydrogen-bond acceptors (Lipinski definition) is 6. The Balaban J connectivity index is 1.95. The van der Waals surface area contributed by atoms with Crippen LogP contribution >= 0.6 is 11.6 Å². The van der Waals surface area contributed by atoms with Gasteiger partial charge in [0.05, 0.1) is 35.9 Å². The molecule has 0 aliphatic carbocycles. The number of ether oxygens (including phenoxy) is 2. The number of aryl methyl sites for hydroxylation is 1. The molecular weight excluding hydrogens is 494 g/mol. The SMILES string of the molecule is CCOc1ccc(Cl)c(/C(O)=C2\C(=O)C(=O)N(c3cccc(C(=O)OC)c3)C2c2ccc(CC)cc2)c1. The maximum Gasteiger partial charge on any atom is 0.337 e. The molecule has 1 heterocycles. The minimum absolute atomic E-state index is 0.117. The van der Waals surface area contributed by atoms with E-state index in [0.29, 0.717) is 23.6 Å². The lowest BCUT2D eigenvalue weighted by Gasteiger charge is -2.26. The highest BCUT2D eigenvalue weighted by atomic mass is 35.5. The maximum absolute atomic E-state index is 13.4.